The normalized spacial score (nSPS) is 15.1. The molecule has 0 saturated carbocycles. The quantitative estimate of drug-likeness (QED) is 0.631. The lowest BCUT2D eigenvalue weighted by atomic mass is 9.97. The first-order chi connectivity index (χ1) is 8.43. The summed E-state index contributed by atoms with van der Waals surface area (Å²) in [6.45, 7) is 11.2. The van der Waals surface area contributed by atoms with Crippen molar-refractivity contribution >= 4 is 5.97 Å². The Balaban J connectivity index is 4.33. The van der Waals surface area contributed by atoms with E-state index in [-0.39, 0.29) is 0 Å². The first kappa shape index (κ1) is 17.4. The van der Waals surface area contributed by atoms with Gasteiger partial charge in [0.25, 0.3) is 0 Å². The van der Waals surface area contributed by atoms with Crippen LogP contribution in [0.5, 0.6) is 0 Å². The van der Waals surface area contributed by atoms with Gasteiger partial charge < -0.3 is 15.3 Å². The molecule has 0 aliphatic rings. The van der Waals surface area contributed by atoms with Gasteiger partial charge in [-0.15, -0.1) is 0 Å². The van der Waals surface area contributed by atoms with E-state index in [1.807, 2.05) is 0 Å². The molecule has 4 heteroatoms. The van der Waals surface area contributed by atoms with Gasteiger partial charge in [0.15, 0.2) is 0 Å². The van der Waals surface area contributed by atoms with E-state index < -0.39 is 11.5 Å². The molecule has 2 N–H and O–H groups in total. The van der Waals surface area contributed by atoms with Gasteiger partial charge in [-0.2, -0.15) is 0 Å². The van der Waals surface area contributed by atoms with Crippen LogP contribution in [-0.4, -0.2) is 48.2 Å². The summed E-state index contributed by atoms with van der Waals surface area (Å²) in [5.74, 6) is -0.0563. The first-order valence-electron chi connectivity index (χ1n) is 7.08. The Kier molecular flexibility index (Phi) is 8.20. The van der Waals surface area contributed by atoms with Crippen molar-refractivity contribution in [2.75, 3.05) is 26.7 Å². The minimum Gasteiger partial charge on any atom is -0.480 e. The second-order valence-electron chi connectivity index (χ2n) is 5.21. The maximum Gasteiger partial charge on any atom is 0.323 e. The zero-order valence-corrected chi connectivity index (χ0v) is 12.6. The van der Waals surface area contributed by atoms with Crippen LogP contribution in [-0.2, 0) is 4.79 Å². The molecule has 0 aliphatic heterocycles. The zero-order valence-electron chi connectivity index (χ0n) is 12.6. The van der Waals surface area contributed by atoms with Gasteiger partial charge in [-0.25, -0.2) is 0 Å². The number of carboxylic acid groups (broad SMARTS) is 1. The standard InChI is InChI=1S/C14H30N2O2/c1-6-12(7-2)11-16(8-3)10-9-14(4,15-5)13(17)18/h12,15H,6-11H2,1-5H3,(H,17,18). The van der Waals surface area contributed by atoms with Crippen LogP contribution in [0, 0.1) is 5.92 Å². The molecule has 0 bridgehead atoms. The summed E-state index contributed by atoms with van der Waals surface area (Å²) in [5.41, 5.74) is -0.818. The highest BCUT2D eigenvalue weighted by molar-refractivity contribution is 5.78. The van der Waals surface area contributed by atoms with Crippen LogP contribution in [0.15, 0.2) is 0 Å². The maximum absolute atomic E-state index is 11.2. The van der Waals surface area contributed by atoms with Crippen molar-refractivity contribution in [2.24, 2.45) is 5.92 Å². The third kappa shape index (κ3) is 5.36. The van der Waals surface area contributed by atoms with Crippen LogP contribution >= 0.6 is 0 Å². The molecule has 0 radical (unpaired) electrons. The lowest BCUT2D eigenvalue weighted by molar-refractivity contribution is -0.144. The smallest absolute Gasteiger partial charge is 0.323 e. The lowest BCUT2D eigenvalue weighted by Crippen LogP contribution is -2.49. The maximum atomic E-state index is 11.2. The summed E-state index contributed by atoms with van der Waals surface area (Å²) in [6, 6.07) is 0. The van der Waals surface area contributed by atoms with Crippen molar-refractivity contribution in [3.8, 4) is 0 Å². The summed E-state index contributed by atoms with van der Waals surface area (Å²) in [5, 5.41) is 12.1. The van der Waals surface area contributed by atoms with Crippen LogP contribution in [0.25, 0.3) is 0 Å². The fourth-order valence-corrected chi connectivity index (χ4v) is 2.01. The van der Waals surface area contributed by atoms with Gasteiger partial charge >= 0.3 is 5.97 Å². The van der Waals surface area contributed by atoms with Gasteiger partial charge in [0.05, 0.1) is 0 Å². The molecule has 0 fully saturated rings. The molecule has 0 heterocycles. The molecule has 0 aliphatic carbocycles. The van der Waals surface area contributed by atoms with Crippen LogP contribution in [0.2, 0.25) is 0 Å². The van der Waals surface area contributed by atoms with Gasteiger partial charge in [-0.1, -0.05) is 33.6 Å². The van der Waals surface area contributed by atoms with E-state index in [9.17, 15) is 9.90 Å². The number of nitrogens with zero attached hydrogens (tertiary/aromatic N) is 1. The molecule has 0 aromatic rings. The molecule has 0 rings (SSSR count). The summed E-state index contributed by atoms with van der Waals surface area (Å²) in [4.78, 5) is 13.6. The number of carbonyl (C=O) groups is 1. The Bertz CT molecular complexity index is 242. The van der Waals surface area contributed by atoms with E-state index >= 15 is 0 Å². The summed E-state index contributed by atoms with van der Waals surface area (Å²) in [7, 11) is 1.71. The number of hydrogen-bond donors (Lipinski definition) is 2. The predicted octanol–water partition coefficient (Wildman–Crippen LogP) is 2.20. The highest BCUT2D eigenvalue weighted by Crippen LogP contribution is 2.14. The van der Waals surface area contributed by atoms with Crippen LogP contribution < -0.4 is 5.32 Å². The Morgan fingerprint density at radius 1 is 1.33 bits per heavy atom. The number of hydrogen-bond acceptors (Lipinski definition) is 3. The van der Waals surface area contributed by atoms with Crippen molar-refractivity contribution in [1.82, 2.24) is 10.2 Å². The molecular formula is C14H30N2O2. The van der Waals surface area contributed by atoms with Crippen molar-refractivity contribution in [3.63, 3.8) is 0 Å². The molecule has 0 aromatic carbocycles. The van der Waals surface area contributed by atoms with Crippen molar-refractivity contribution in [2.45, 2.75) is 52.5 Å². The van der Waals surface area contributed by atoms with E-state index in [4.69, 9.17) is 0 Å². The third-order valence-electron chi connectivity index (χ3n) is 4.07. The van der Waals surface area contributed by atoms with Crippen molar-refractivity contribution < 1.29 is 9.90 Å². The van der Waals surface area contributed by atoms with Gasteiger partial charge in [0.1, 0.15) is 5.54 Å². The molecule has 0 amide bonds. The highest BCUT2D eigenvalue weighted by atomic mass is 16.4. The Labute approximate surface area is 112 Å². The zero-order chi connectivity index (χ0) is 14.2. The van der Waals surface area contributed by atoms with Crippen LogP contribution in [0.4, 0.5) is 0 Å². The number of rotatable bonds is 10. The number of nitrogens with one attached hydrogen (secondary N) is 1. The highest BCUT2D eigenvalue weighted by Gasteiger charge is 2.31. The Morgan fingerprint density at radius 2 is 1.89 bits per heavy atom. The van der Waals surface area contributed by atoms with E-state index in [2.05, 4.69) is 31.0 Å². The molecule has 0 saturated heterocycles. The Morgan fingerprint density at radius 3 is 2.22 bits per heavy atom. The summed E-state index contributed by atoms with van der Waals surface area (Å²) in [6.07, 6.45) is 3.01. The topological polar surface area (TPSA) is 52.6 Å². The van der Waals surface area contributed by atoms with Gasteiger partial charge in [0, 0.05) is 13.1 Å². The molecule has 0 spiro atoms. The number of carboxylic acids is 1. The predicted molar refractivity (Wildman–Crippen MR) is 75.9 cm³/mol. The molecule has 1 unspecified atom stereocenters. The van der Waals surface area contributed by atoms with E-state index in [0.29, 0.717) is 6.42 Å². The molecule has 4 nitrogen and oxygen atoms in total. The second-order valence-corrected chi connectivity index (χ2v) is 5.21. The minimum atomic E-state index is -0.818. The Hall–Kier alpha value is -0.610. The fourth-order valence-electron chi connectivity index (χ4n) is 2.01. The van der Waals surface area contributed by atoms with Gasteiger partial charge in [0.2, 0.25) is 0 Å². The fraction of sp³-hybridized carbons (Fsp3) is 0.929. The van der Waals surface area contributed by atoms with Crippen molar-refractivity contribution in [1.29, 1.82) is 0 Å². The van der Waals surface area contributed by atoms with Gasteiger partial charge in [-0.3, -0.25) is 4.79 Å². The van der Waals surface area contributed by atoms with E-state index in [1.165, 1.54) is 12.8 Å². The van der Waals surface area contributed by atoms with Crippen LogP contribution in [0.1, 0.15) is 47.0 Å². The molecule has 18 heavy (non-hydrogen) atoms. The van der Waals surface area contributed by atoms with Gasteiger partial charge in [-0.05, 0) is 32.9 Å². The average molecular weight is 258 g/mol. The SMILES string of the molecule is CCC(CC)CN(CC)CCC(C)(NC)C(=O)O. The van der Waals surface area contributed by atoms with E-state index in [0.717, 1.165) is 25.6 Å². The summed E-state index contributed by atoms with van der Waals surface area (Å²) >= 11 is 0. The van der Waals surface area contributed by atoms with Crippen molar-refractivity contribution in [3.05, 3.63) is 0 Å². The first-order valence-corrected chi connectivity index (χ1v) is 7.08. The molecule has 0 aromatic heterocycles. The third-order valence-corrected chi connectivity index (χ3v) is 4.07. The number of aliphatic carboxylic acids is 1. The largest absolute Gasteiger partial charge is 0.480 e. The summed E-state index contributed by atoms with van der Waals surface area (Å²) < 4.78 is 0. The second kappa shape index (κ2) is 8.48. The molecular weight excluding hydrogens is 228 g/mol. The monoisotopic (exact) mass is 258 g/mol. The lowest BCUT2D eigenvalue weighted by Gasteiger charge is -2.30. The van der Waals surface area contributed by atoms with E-state index in [1.54, 1.807) is 14.0 Å². The molecule has 108 valence electrons. The average Bonchev–Trinajstić information content (AvgIpc) is 2.38. The number of likely N-dealkylation sites (N-methyl/N-ethyl adjacent to an activating group) is 1. The minimum absolute atomic E-state index is 0.632. The molecule has 1 atom stereocenters. The van der Waals surface area contributed by atoms with Crippen LogP contribution in [0.3, 0.4) is 0 Å².